The molecule has 0 unspecified atom stereocenters. The summed E-state index contributed by atoms with van der Waals surface area (Å²) in [6, 6.07) is 27.8. The number of amides is 1. The molecule has 0 spiro atoms. The molecule has 3 aromatic carbocycles. The molecule has 43 heavy (non-hydrogen) atoms. The fraction of sp³-hybridized carbons (Fsp3) is 0.212. The molecular formula is C33H34N8OS. The molecule has 1 amide bonds. The summed E-state index contributed by atoms with van der Waals surface area (Å²) >= 11 is 1.64. The van der Waals surface area contributed by atoms with Gasteiger partial charge in [0, 0.05) is 47.4 Å². The predicted octanol–water partition coefficient (Wildman–Crippen LogP) is 6.22. The Hall–Kier alpha value is -4.51. The molecule has 0 saturated carbocycles. The minimum absolute atomic E-state index is 0.0666. The van der Waals surface area contributed by atoms with Crippen LogP contribution in [0.5, 0.6) is 0 Å². The molecule has 218 valence electrons. The lowest BCUT2D eigenvalue weighted by Gasteiger charge is -2.32. The quantitative estimate of drug-likeness (QED) is 0.0985. The largest absolute Gasteiger partial charge is 0.338 e. The number of piperidine rings is 1. The van der Waals surface area contributed by atoms with E-state index in [-0.39, 0.29) is 17.6 Å². The van der Waals surface area contributed by atoms with Crippen LogP contribution in [-0.4, -0.2) is 46.6 Å². The molecule has 4 aromatic rings. The molecule has 6 rings (SSSR count). The average molecular weight is 591 g/mol. The molecule has 10 heteroatoms. The number of amidine groups is 2. The molecule has 0 radical (unpaired) electrons. The maximum Gasteiger partial charge on any atom is 0.221 e. The molecule has 0 atom stereocenters. The average Bonchev–Trinajstić information content (AvgIpc) is 3.15. The molecule has 2 aliphatic rings. The third kappa shape index (κ3) is 6.61. The van der Waals surface area contributed by atoms with Crippen molar-refractivity contribution in [1.29, 1.82) is 10.8 Å². The van der Waals surface area contributed by atoms with Crippen LogP contribution in [0.1, 0.15) is 36.5 Å². The topological polar surface area (TPSA) is 120 Å². The second-order valence-electron chi connectivity index (χ2n) is 10.7. The number of anilines is 4. The van der Waals surface area contributed by atoms with Crippen molar-refractivity contribution in [3.63, 3.8) is 0 Å². The summed E-state index contributed by atoms with van der Waals surface area (Å²) in [5.41, 5.74) is 4.95. The third-order valence-electron chi connectivity index (χ3n) is 7.65. The van der Waals surface area contributed by atoms with Gasteiger partial charge in [0.2, 0.25) is 5.91 Å². The van der Waals surface area contributed by atoms with Crippen molar-refractivity contribution in [2.75, 3.05) is 28.6 Å². The van der Waals surface area contributed by atoms with Gasteiger partial charge in [-0.3, -0.25) is 30.1 Å². The minimum atomic E-state index is -0.0666. The van der Waals surface area contributed by atoms with Crippen LogP contribution in [0.2, 0.25) is 0 Å². The standard InChI is InChI=1S/C33H34N8OS/c1-22(42)37-25-12-14-27(15-13-25)43-39-26-16-19-40(20-17-26)21-23-8-10-24(11-9-23)31(34)41-30-7-4-18-36-33(30)38-29-6-3-2-5-28(29)32(41)35/h2-15,18,26,34-35,39H,16-17,19-21H2,1H3,(H,36,38)(H,37,42). The maximum absolute atomic E-state index is 11.2. The van der Waals surface area contributed by atoms with E-state index in [4.69, 9.17) is 10.8 Å². The smallest absolute Gasteiger partial charge is 0.221 e. The second-order valence-corrected chi connectivity index (χ2v) is 11.7. The van der Waals surface area contributed by atoms with Gasteiger partial charge in [0.25, 0.3) is 0 Å². The van der Waals surface area contributed by atoms with Gasteiger partial charge in [0.05, 0.1) is 11.4 Å². The number of fused-ring (bicyclic) bond motifs is 2. The number of carbonyl (C=O) groups excluding carboxylic acids is 1. The molecule has 2 aliphatic heterocycles. The van der Waals surface area contributed by atoms with Gasteiger partial charge >= 0.3 is 0 Å². The van der Waals surface area contributed by atoms with Crippen LogP contribution in [0.3, 0.4) is 0 Å². The van der Waals surface area contributed by atoms with Crippen molar-refractivity contribution in [1.82, 2.24) is 14.6 Å². The summed E-state index contributed by atoms with van der Waals surface area (Å²) in [6.07, 6.45) is 3.85. The Balaban J connectivity index is 1.05. The lowest BCUT2D eigenvalue weighted by molar-refractivity contribution is -0.114. The van der Waals surface area contributed by atoms with Crippen molar-refractivity contribution in [2.24, 2.45) is 0 Å². The van der Waals surface area contributed by atoms with Crippen LogP contribution in [-0.2, 0) is 11.3 Å². The number of benzene rings is 3. The van der Waals surface area contributed by atoms with Gasteiger partial charge in [-0.15, -0.1) is 0 Å². The first-order valence-corrected chi connectivity index (χ1v) is 15.2. The first kappa shape index (κ1) is 28.6. The van der Waals surface area contributed by atoms with Gasteiger partial charge < -0.3 is 10.6 Å². The molecule has 1 fully saturated rings. The molecule has 0 aliphatic carbocycles. The molecule has 3 heterocycles. The van der Waals surface area contributed by atoms with E-state index in [9.17, 15) is 4.79 Å². The Morgan fingerprint density at radius 1 is 1.00 bits per heavy atom. The molecular weight excluding hydrogens is 556 g/mol. The molecule has 0 bridgehead atoms. The summed E-state index contributed by atoms with van der Waals surface area (Å²) in [5.74, 6) is 1.02. The van der Waals surface area contributed by atoms with E-state index in [2.05, 4.69) is 37.4 Å². The number of pyridine rings is 1. The maximum atomic E-state index is 11.2. The Bertz CT molecular complexity index is 1630. The van der Waals surface area contributed by atoms with Gasteiger partial charge in [-0.05, 0) is 92.0 Å². The molecule has 9 nitrogen and oxygen atoms in total. The van der Waals surface area contributed by atoms with Crippen LogP contribution in [0.4, 0.5) is 22.9 Å². The fourth-order valence-corrected chi connectivity index (χ4v) is 6.21. The van der Waals surface area contributed by atoms with Crippen LogP contribution < -0.4 is 20.3 Å². The van der Waals surface area contributed by atoms with E-state index < -0.39 is 0 Å². The van der Waals surface area contributed by atoms with Gasteiger partial charge in [-0.25, -0.2) is 4.98 Å². The molecule has 1 aromatic heterocycles. The normalized spacial score (nSPS) is 15.2. The summed E-state index contributed by atoms with van der Waals surface area (Å²) in [6.45, 7) is 4.40. The van der Waals surface area contributed by atoms with E-state index in [1.807, 2.05) is 72.8 Å². The number of aromatic nitrogens is 1. The van der Waals surface area contributed by atoms with Crippen molar-refractivity contribution >= 4 is 52.4 Å². The minimum Gasteiger partial charge on any atom is -0.338 e. The SMILES string of the molecule is CC(=O)Nc1ccc(SNC2CCN(Cc3ccc(C(=N)N4C(=N)c5ccccc5Nc5ncccc54)cc3)CC2)cc1. The second kappa shape index (κ2) is 12.8. The van der Waals surface area contributed by atoms with Gasteiger partial charge in [-0.2, -0.15) is 0 Å². The lowest BCUT2D eigenvalue weighted by Crippen LogP contribution is -2.40. The molecule has 5 N–H and O–H groups in total. The van der Waals surface area contributed by atoms with Crippen molar-refractivity contribution in [3.8, 4) is 0 Å². The van der Waals surface area contributed by atoms with Gasteiger partial charge in [0.15, 0.2) is 5.82 Å². The monoisotopic (exact) mass is 590 g/mol. The first-order chi connectivity index (χ1) is 20.9. The van der Waals surface area contributed by atoms with Gasteiger partial charge in [-0.1, -0.05) is 36.4 Å². The highest BCUT2D eigenvalue weighted by atomic mass is 32.2. The Morgan fingerprint density at radius 3 is 2.49 bits per heavy atom. The lowest BCUT2D eigenvalue weighted by atomic mass is 10.0. The Morgan fingerprint density at radius 2 is 1.74 bits per heavy atom. The van der Waals surface area contributed by atoms with Crippen LogP contribution >= 0.6 is 11.9 Å². The van der Waals surface area contributed by atoms with Crippen molar-refractivity contribution < 1.29 is 4.79 Å². The van der Waals surface area contributed by atoms with Crippen LogP contribution in [0.15, 0.2) is 96.0 Å². The van der Waals surface area contributed by atoms with E-state index in [0.717, 1.165) is 59.9 Å². The number of rotatable bonds is 7. The number of nitrogens with zero attached hydrogens (tertiary/aromatic N) is 3. The summed E-state index contributed by atoms with van der Waals surface area (Å²) in [7, 11) is 0. The number of para-hydroxylation sites is 1. The number of nitrogens with one attached hydrogen (secondary N) is 5. The van der Waals surface area contributed by atoms with E-state index in [1.165, 1.54) is 12.5 Å². The number of carbonyl (C=O) groups is 1. The highest BCUT2D eigenvalue weighted by molar-refractivity contribution is 7.97. The highest BCUT2D eigenvalue weighted by Gasteiger charge is 2.28. The number of likely N-dealkylation sites (tertiary alicyclic amines) is 1. The zero-order chi connectivity index (χ0) is 29.8. The predicted molar refractivity (Wildman–Crippen MR) is 175 cm³/mol. The van der Waals surface area contributed by atoms with E-state index in [0.29, 0.717) is 17.5 Å². The molecule has 1 saturated heterocycles. The zero-order valence-corrected chi connectivity index (χ0v) is 24.7. The Labute approximate surface area is 255 Å². The third-order valence-corrected chi connectivity index (χ3v) is 8.61. The number of hydrogen-bond donors (Lipinski definition) is 5. The Kier molecular flexibility index (Phi) is 8.50. The highest BCUT2D eigenvalue weighted by Crippen LogP contribution is 2.35. The van der Waals surface area contributed by atoms with Gasteiger partial charge in [0.1, 0.15) is 11.7 Å². The first-order valence-electron chi connectivity index (χ1n) is 14.3. The van der Waals surface area contributed by atoms with E-state index >= 15 is 0 Å². The summed E-state index contributed by atoms with van der Waals surface area (Å²) in [4.78, 5) is 21.0. The van der Waals surface area contributed by atoms with Crippen molar-refractivity contribution in [2.45, 2.75) is 37.2 Å². The number of hydrogen-bond acceptors (Lipinski definition) is 8. The summed E-state index contributed by atoms with van der Waals surface area (Å²) in [5, 5.41) is 24.2. The van der Waals surface area contributed by atoms with Crippen LogP contribution in [0, 0.1) is 10.8 Å². The van der Waals surface area contributed by atoms with E-state index in [1.54, 1.807) is 23.0 Å². The fourth-order valence-electron chi connectivity index (χ4n) is 5.40. The summed E-state index contributed by atoms with van der Waals surface area (Å²) < 4.78 is 3.60. The zero-order valence-electron chi connectivity index (χ0n) is 23.9. The van der Waals surface area contributed by atoms with Crippen LogP contribution in [0.25, 0.3) is 0 Å². The van der Waals surface area contributed by atoms with Crippen molar-refractivity contribution in [3.05, 3.63) is 108 Å².